The second-order valence-electron chi connectivity index (χ2n) is 7.37. The molecule has 1 atom stereocenters. The van der Waals surface area contributed by atoms with E-state index >= 15 is 0 Å². The standard InChI is InChI=1S/C20H28O2/c1-15(10-13-21)8-6-9-16(2)17-14-22-20(5)12-7-11-19(3,4)18(17)20/h6,8-10,13H,7,11-12,14H2,1-5H3. The van der Waals surface area contributed by atoms with Gasteiger partial charge in [-0.1, -0.05) is 32.1 Å². The molecule has 0 saturated heterocycles. The molecule has 2 nitrogen and oxygen atoms in total. The van der Waals surface area contributed by atoms with Crippen LogP contribution in [0.3, 0.4) is 0 Å². The molecule has 0 aromatic heterocycles. The molecular formula is C20H28O2. The number of rotatable bonds is 4. The van der Waals surface area contributed by atoms with Gasteiger partial charge in [-0.3, -0.25) is 4.79 Å². The van der Waals surface area contributed by atoms with Gasteiger partial charge >= 0.3 is 0 Å². The Morgan fingerprint density at radius 3 is 2.55 bits per heavy atom. The molecule has 0 amide bonds. The number of hydrogen-bond acceptors (Lipinski definition) is 2. The topological polar surface area (TPSA) is 26.3 Å². The van der Waals surface area contributed by atoms with Gasteiger partial charge in [0, 0.05) is 0 Å². The SMILES string of the molecule is CC(C=CC=C(C)C1=C2C(C)(C)CCCC2(C)OC1)=CC=O. The van der Waals surface area contributed by atoms with Crippen molar-refractivity contribution in [3.8, 4) is 0 Å². The van der Waals surface area contributed by atoms with Crippen LogP contribution in [0.25, 0.3) is 0 Å². The van der Waals surface area contributed by atoms with E-state index in [1.54, 1.807) is 6.08 Å². The summed E-state index contributed by atoms with van der Waals surface area (Å²) in [5.74, 6) is 0. The summed E-state index contributed by atoms with van der Waals surface area (Å²) in [4.78, 5) is 10.4. The minimum atomic E-state index is -0.0801. The number of aldehydes is 1. The van der Waals surface area contributed by atoms with Crippen molar-refractivity contribution in [1.82, 2.24) is 0 Å². The molecule has 0 N–H and O–H groups in total. The van der Waals surface area contributed by atoms with Crippen molar-refractivity contribution in [3.05, 3.63) is 46.6 Å². The molecule has 1 aliphatic heterocycles. The molecule has 0 aromatic carbocycles. The Morgan fingerprint density at radius 1 is 1.14 bits per heavy atom. The number of fused-ring (bicyclic) bond motifs is 1. The first-order chi connectivity index (χ1) is 10.3. The minimum absolute atomic E-state index is 0.0801. The van der Waals surface area contributed by atoms with Crippen LogP contribution in [0.15, 0.2) is 46.6 Å². The predicted molar refractivity (Wildman–Crippen MR) is 91.7 cm³/mol. The first-order valence-corrected chi connectivity index (χ1v) is 8.16. The number of allylic oxidation sites excluding steroid dienone is 5. The van der Waals surface area contributed by atoms with Crippen LogP contribution in [0.5, 0.6) is 0 Å². The Kier molecular flexibility index (Phi) is 4.91. The Labute approximate surface area is 134 Å². The maximum Gasteiger partial charge on any atom is 0.143 e. The van der Waals surface area contributed by atoms with Crippen molar-refractivity contribution in [2.24, 2.45) is 5.41 Å². The largest absolute Gasteiger partial charge is 0.366 e. The number of hydrogen-bond donors (Lipinski definition) is 0. The highest BCUT2D eigenvalue weighted by atomic mass is 16.5. The highest BCUT2D eigenvalue weighted by molar-refractivity contribution is 5.67. The highest BCUT2D eigenvalue weighted by Crippen LogP contribution is 2.53. The zero-order valence-corrected chi connectivity index (χ0v) is 14.5. The van der Waals surface area contributed by atoms with Crippen LogP contribution in [-0.2, 0) is 9.53 Å². The summed E-state index contributed by atoms with van der Waals surface area (Å²) < 4.78 is 6.18. The molecule has 2 rings (SSSR count). The Balaban J connectivity index is 2.32. The quantitative estimate of drug-likeness (QED) is 0.418. The maximum atomic E-state index is 10.4. The molecule has 1 heterocycles. The lowest BCUT2D eigenvalue weighted by Gasteiger charge is -2.42. The maximum absolute atomic E-state index is 10.4. The van der Waals surface area contributed by atoms with E-state index in [4.69, 9.17) is 4.74 Å². The van der Waals surface area contributed by atoms with Crippen molar-refractivity contribution in [3.63, 3.8) is 0 Å². The lowest BCUT2D eigenvalue weighted by molar-refractivity contribution is -0.104. The van der Waals surface area contributed by atoms with E-state index in [0.717, 1.165) is 18.3 Å². The molecule has 1 fully saturated rings. The molecule has 0 spiro atoms. The molecule has 1 unspecified atom stereocenters. The second kappa shape index (κ2) is 6.37. The van der Waals surface area contributed by atoms with Gasteiger partial charge in [-0.05, 0) is 73.8 Å². The number of carbonyl (C=O) groups is 1. The normalized spacial score (nSPS) is 29.1. The lowest BCUT2D eigenvalue weighted by atomic mass is 9.65. The van der Waals surface area contributed by atoms with Crippen LogP contribution in [0, 0.1) is 5.41 Å². The zero-order valence-electron chi connectivity index (χ0n) is 14.5. The summed E-state index contributed by atoms with van der Waals surface area (Å²) in [5, 5.41) is 0. The second-order valence-corrected chi connectivity index (χ2v) is 7.37. The van der Waals surface area contributed by atoms with Crippen LogP contribution in [-0.4, -0.2) is 18.5 Å². The average molecular weight is 300 g/mol. The van der Waals surface area contributed by atoms with Crippen molar-refractivity contribution in [2.75, 3.05) is 6.61 Å². The molecule has 0 radical (unpaired) electrons. The summed E-state index contributed by atoms with van der Waals surface area (Å²) in [7, 11) is 0. The van der Waals surface area contributed by atoms with Gasteiger partial charge in [-0.15, -0.1) is 0 Å². The smallest absolute Gasteiger partial charge is 0.143 e. The van der Waals surface area contributed by atoms with Crippen LogP contribution in [0.4, 0.5) is 0 Å². The average Bonchev–Trinajstić information content (AvgIpc) is 2.78. The highest BCUT2D eigenvalue weighted by Gasteiger charge is 2.47. The molecule has 2 aliphatic rings. The zero-order chi connectivity index (χ0) is 16.4. The lowest BCUT2D eigenvalue weighted by Crippen LogP contribution is -2.38. The first-order valence-electron chi connectivity index (χ1n) is 8.16. The summed E-state index contributed by atoms with van der Waals surface area (Å²) in [6.45, 7) is 11.7. The number of ether oxygens (including phenoxy) is 1. The third-order valence-corrected chi connectivity index (χ3v) is 5.01. The fourth-order valence-electron chi connectivity index (χ4n) is 3.93. The van der Waals surface area contributed by atoms with Crippen LogP contribution in [0.1, 0.15) is 53.9 Å². The van der Waals surface area contributed by atoms with E-state index in [9.17, 15) is 4.79 Å². The van der Waals surface area contributed by atoms with Gasteiger partial charge in [-0.2, -0.15) is 0 Å². The van der Waals surface area contributed by atoms with Crippen molar-refractivity contribution < 1.29 is 9.53 Å². The minimum Gasteiger partial charge on any atom is -0.366 e. The number of carbonyl (C=O) groups excluding carboxylic acids is 1. The molecule has 2 heteroatoms. The van der Waals surface area contributed by atoms with Gasteiger partial charge in [0.1, 0.15) is 6.29 Å². The summed E-state index contributed by atoms with van der Waals surface area (Å²) in [5.41, 5.74) is 5.22. The molecule has 22 heavy (non-hydrogen) atoms. The molecule has 0 aromatic rings. The van der Waals surface area contributed by atoms with Gasteiger partial charge in [0.15, 0.2) is 0 Å². The van der Waals surface area contributed by atoms with Gasteiger partial charge in [-0.25, -0.2) is 0 Å². The Hall–Kier alpha value is -1.41. The predicted octanol–water partition coefficient (Wildman–Crippen LogP) is 4.93. The third-order valence-electron chi connectivity index (χ3n) is 5.01. The van der Waals surface area contributed by atoms with Crippen molar-refractivity contribution >= 4 is 6.29 Å². The van der Waals surface area contributed by atoms with Crippen molar-refractivity contribution in [1.29, 1.82) is 0 Å². The fourth-order valence-corrected chi connectivity index (χ4v) is 3.93. The van der Waals surface area contributed by atoms with Crippen LogP contribution in [0.2, 0.25) is 0 Å². The monoisotopic (exact) mass is 300 g/mol. The van der Waals surface area contributed by atoms with E-state index in [1.807, 2.05) is 19.1 Å². The first kappa shape index (κ1) is 17.0. The summed E-state index contributed by atoms with van der Waals surface area (Å²) >= 11 is 0. The molecule has 120 valence electrons. The van der Waals surface area contributed by atoms with Gasteiger partial charge in [0.25, 0.3) is 0 Å². The molecule has 1 saturated carbocycles. The fraction of sp³-hybridized carbons (Fsp3) is 0.550. The third kappa shape index (κ3) is 3.33. The summed E-state index contributed by atoms with van der Waals surface area (Å²) in [6, 6.07) is 0. The summed E-state index contributed by atoms with van der Waals surface area (Å²) in [6.07, 6.45) is 12.1. The van der Waals surface area contributed by atoms with E-state index < -0.39 is 0 Å². The van der Waals surface area contributed by atoms with Gasteiger partial charge in [0.05, 0.1) is 12.2 Å². The van der Waals surface area contributed by atoms with E-state index in [-0.39, 0.29) is 11.0 Å². The van der Waals surface area contributed by atoms with E-state index in [0.29, 0.717) is 6.61 Å². The molecule has 0 bridgehead atoms. The van der Waals surface area contributed by atoms with E-state index in [2.05, 4.69) is 33.8 Å². The molecule has 1 aliphatic carbocycles. The van der Waals surface area contributed by atoms with Crippen LogP contribution >= 0.6 is 0 Å². The Morgan fingerprint density at radius 2 is 1.86 bits per heavy atom. The van der Waals surface area contributed by atoms with Crippen LogP contribution < -0.4 is 0 Å². The van der Waals surface area contributed by atoms with Gasteiger partial charge < -0.3 is 4.74 Å². The van der Waals surface area contributed by atoms with Crippen molar-refractivity contribution in [2.45, 2.75) is 59.5 Å². The Bertz CT molecular complexity index is 573. The van der Waals surface area contributed by atoms with Gasteiger partial charge in [0.2, 0.25) is 0 Å². The molecular weight excluding hydrogens is 272 g/mol. The van der Waals surface area contributed by atoms with E-state index in [1.165, 1.54) is 29.6 Å².